The van der Waals surface area contributed by atoms with Gasteiger partial charge in [-0.15, -0.1) is 11.3 Å². The number of hydrogen-bond donors (Lipinski definition) is 1. The van der Waals surface area contributed by atoms with Gasteiger partial charge in [-0.25, -0.2) is 9.97 Å². The Morgan fingerprint density at radius 2 is 1.79 bits per heavy atom. The topological polar surface area (TPSA) is 76.3 Å². The predicted octanol–water partition coefficient (Wildman–Crippen LogP) is 6.00. The molecule has 0 aliphatic carbocycles. The van der Waals surface area contributed by atoms with Gasteiger partial charge in [-0.3, -0.25) is 4.90 Å². The molecule has 1 fully saturated rings. The Kier molecular flexibility index (Phi) is 6.60. The monoisotopic (exact) mass is 475 g/mol. The molecule has 0 amide bonds. The molecule has 3 aromatic heterocycles. The molecule has 4 aromatic rings. The molecule has 0 spiro atoms. The maximum Gasteiger partial charge on any atom is 0.227 e. The summed E-state index contributed by atoms with van der Waals surface area (Å²) in [4.78, 5) is 13.9. The van der Waals surface area contributed by atoms with Crippen LogP contribution in [0.3, 0.4) is 0 Å². The van der Waals surface area contributed by atoms with E-state index in [9.17, 15) is 0 Å². The van der Waals surface area contributed by atoms with E-state index in [1.807, 2.05) is 51.2 Å². The highest BCUT2D eigenvalue weighted by atomic mass is 32.1. The van der Waals surface area contributed by atoms with Crippen LogP contribution in [0.15, 0.2) is 47.1 Å². The van der Waals surface area contributed by atoms with Crippen LogP contribution in [0.2, 0.25) is 0 Å². The van der Waals surface area contributed by atoms with Crippen molar-refractivity contribution in [3.63, 3.8) is 0 Å². The maximum absolute atomic E-state index is 5.91. The van der Waals surface area contributed by atoms with Crippen LogP contribution in [-0.2, 0) is 0 Å². The molecule has 1 N–H and O–H groups in total. The van der Waals surface area contributed by atoms with Crippen LogP contribution < -0.4 is 10.1 Å². The van der Waals surface area contributed by atoms with Crippen LogP contribution in [0.1, 0.15) is 29.9 Å². The number of thiophene rings is 1. The first kappa shape index (κ1) is 22.6. The second-order valence-electron chi connectivity index (χ2n) is 8.63. The summed E-state index contributed by atoms with van der Waals surface area (Å²) in [5.41, 5.74) is 4.83. The van der Waals surface area contributed by atoms with E-state index in [0.29, 0.717) is 12.6 Å². The zero-order chi connectivity index (χ0) is 23.5. The van der Waals surface area contributed by atoms with Crippen LogP contribution in [0.5, 0.6) is 5.75 Å². The van der Waals surface area contributed by atoms with Crippen molar-refractivity contribution in [1.29, 1.82) is 0 Å². The van der Waals surface area contributed by atoms with Crippen molar-refractivity contribution in [2.24, 2.45) is 0 Å². The Morgan fingerprint density at radius 3 is 2.53 bits per heavy atom. The van der Waals surface area contributed by atoms with Gasteiger partial charge in [0, 0.05) is 23.3 Å². The van der Waals surface area contributed by atoms with Gasteiger partial charge in [0.15, 0.2) is 0 Å². The quantitative estimate of drug-likeness (QED) is 0.335. The van der Waals surface area contributed by atoms with Crippen molar-refractivity contribution in [3.05, 3.63) is 59.6 Å². The molecule has 0 bridgehead atoms. The minimum atomic E-state index is 0.565. The van der Waals surface area contributed by atoms with Crippen LogP contribution in [-0.4, -0.2) is 46.3 Å². The van der Waals surface area contributed by atoms with Gasteiger partial charge >= 0.3 is 0 Å². The largest absolute Gasteiger partial charge is 0.492 e. The molecule has 4 heterocycles. The molecule has 5 rings (SSSR count). The second-order valence-corrected chi connectivity index (χ2v) is 9.72. The molecule has 1 aliphatic rings. The lowest BCUT2D eigenvalue weighted by molar-refractivity contribution is 0.238. The predicted molar refractivity (Wildman–Crippen MR) is 136 cm³/mol. The summed E-state index contributed by atoms with van der Waals surface area (Å²) < 4.78 is 11.2. The van der Waals surface area contributed by atoms with Crippen LogP contribution in [0.25, 0.3) is 21.0 Å². The van der Waals surface area contributed by atoms with Gasteiger partial charge in [0.25, 0.3) is 0 Å². The van der Waals surface area contributed by atoms with Crippen LogP contribution in [0.4, 0.5) is 11.6 Å². The molecule has 176 valence electrons. The van der Waals surface area contributed by atoms with Crippen molar-refractivity contribution < 1.29 is 9.26 Å². The van der Waals surface area contributed by atoms with E-state index in [-0.39, 0.29) is 0 Å². The van der Waals surface area contributed by atoms with Gasteiger partial charge < -0.3 is 14.6 Å². The molecule has 1 saturated heterocycles. The third-order valence-corrected chi connectivity index (χ3v) is 7.19. The molecule has 1 aromatic carbocycles. The highest BCUT2D eigenvalue weighted by molar-refractivity contribution is 7.18. The van der Waals surface area contributed by atoms with Crippen molar-refractivity contribution in [1.82, 2.24) is 20.0 Å². The van der Waals surface area contributed by atoms with Gasteiger partial charge in [-0.1, -0.05) is 5.16 Å². The van der Waals surface area contributed by atoms with Gasteiger partial charge in [0.05, 0.1) is 21.8 Å². The lowest BCUT2D eigenvalue weighted by atomic mass is 10.1. The van der Waals surface area contributed by atoms with E-state index in [1.165, 1.54) is 25.9 Å². The van der Waals surface area contributed by atoms with Gasteiger partial charge in [0.2, 0.25) is 5.95 Å². The summed E-state index contributed by atoms with van der Waals surface area (Å²) in [6.45, 7) is 10.0. The average Bonchev–Trinajstić information content (AvgIpc) is 3.59. The average molecular weight is 476 g/mol. The number of anilines is 2. The summed E-state index contributed by atoms with van der Waals surface area (Å²) in [5, 5.41) is 7.39. The lowest BCUT2D eigenvalue weighted by Crippen LogP contribution is -2.25. The molecule has 1 aliphatic heterocycles. The molecule has 0 unspecified atom stereocenters. The Bertz CT molecular complexity index is 1240. The van der Waals surface area contributed by atoms with E-state index in [0.717, 1.165) is 56.0 Å². The van der Waals surface area contributed by atoms with E-state index < -0.39 is 0 Å². The molecule has 0 radical (unpaired) electrons. The van der Waals surface area contributed by atoms with E-state index in [4.69, 9.17) is 14.2 Å². The molecule has 8 heteroatoms. The summed E-state index contributed by atoms with van der Waals surface area (Å²) in [6.07, 6.45) is 4.46. The molecule has 7 nitrogen and oxygen atoms in total. The number of nitrogens with one attached hydrogen (secondary N) is 1. The number of ether oxygens (including phenoxy) is 1. The van der Waals surface area contributed by atoms with E-state index in [2.05, 4.69) is 32.5 Å². The van der Waals surface area contributed by atoms with E-state index >= 15 is 0 Å². The number of benzene rings is 1. The normalized spacial score (nSPS) is 14.0. The highest BCUT2D eigenvalue weighted by Crippen LogP contribution is 2.38. The fraction of sp³-hybridized carbons (Fsp3) is 0.346. The Hall–Kier alpha value is -3.23. The molecule has 34 heavy (non-hydrogen) atoms. The van der Waals surface area contributed by atoms with Crippen molar-refractivity contribution in [2.75, 3.05) is 31.6 Å². The summed E-state index contributed by atoms with van der Waals surface area (Å²) in [7, 11) is 0. The van der Waals surface area contributed by atoms with E-state index in [1.54, 1.807) is 11.3 Å². The minimum Gasteiger partial charge on any atom is -0.492 e. The highest BCUT2D eigenvalue weighted by Gasteiger charge is 2.16. The zero-order valence-electron chi connectivity index (χ0n) is 19.8. The fourth-order valence-corrected chi connectivity index (χ4v) is 5.45. The molecule has 0 atom stereocenters. The molecular formula is C26H29N5O2S. The van der Waals surface area contributed by atoms with Gasteiger partial charge in [0.1, 0.15) is 18.1 Å². The second kappa shape index (κ2) is 9.95. The van der Waals surface area contributed by atoms with Crippen molar-refractivity contribution in [2.45, 2.75) is 33.6 Å². The van der Waals surface area contributed by atoms with Crippen molar-refractivity contribution in [3.8, 4) is 26.8 Å². The number of likely N-dealkylation sites (tertiary alicyclic amines) is 1. The maximum atomic E-state index is 5.91. The molecule has 0 saturated carbocycles. The Labute approximate surface area is 203 Å². The number of aromatic nitrogens is 3. The first-order chi connectivity index (χ1) is 16.6. The molecular weight excluding hydrogens is 446 g/mol. The lowest BCUT2D eigenvalue weighted by Gasteiger charge is -2.15. The van der Waals surface area contributed by atoms with Gasteiger partial charge in [-0.05, 0) is 88.7 Å². The summed E-state index contributed by atoms with van der Waals surface area (Å²) >= 11 is 1.68. The standard InChI is InChI=1S/C26H29N5O2S/c1-17-16-27-26(28-20-6-8-21(9-7-20)32-15-14-31-12-4-5-13-31)29-25(17)23-11-10-22(34-23)24-18(2)30-33-19(24)3/h6-11,16H,4-5,12-15H2,1-3H3,(H,27,28,29). The van der Waals surface area contributed by atoms with Crippen LogP contribution >= 0.6 is 11.3 Å². The number of nitrogens with zero attached hydrogens (tertiary/aromatic N) is 4. The first-order valence-corrected chi connectivity index (χ1v) is 12.5. The third kappa shape index (κ3) is 4.98. The third-order valence-electron chi connectivity index (χ3n) is 6.08. The van der Waals surface area contributed by atoms with Gasteiger partial charge in [-0.2, -0.15) is 0 Å². The van der Waals surface area contributed by atoms with Crippen molar-refractivity contribution >= 4 is 23.0 Å². The smallest absolute Gasteiger partial charge is 0.227 e. The summed E-state index contributed by atoms with van der Waals surface area (Å²) in [5.74, 6) is 2.27. The SMILES string of the molecule is Cc1cnc(Nc2ccc(OCCN3CCCC3)cc2)nc1-c1ccc(-c2c(C)noc2C)s1. The Balaban J connectivity index is 1.26. The summed E-state index contributed by atoms with van der Waals surface area (Å²) in [6, 6.07) is 12.2. The number of rotatable bonds is 8. The minimum absolute atomic E-state index is 0.565. The Morgan fingerprint density at radius 1 is 1.03 bits per heavy atom. The fourth-order valence-electron chi connectivity index (χ4n) is 4.25. The first-order valence-electron chi connectivity index (χ1n) is 11.7. The number of aryl methyl sites for hydroxylation is 3. The van der Waals surface area contributed by atoms with Crippen LogP contribution in [0, 0.1) is 20.8 Å². The number of hydrogen-bond acceptors (Lipinski definition) is 8. The zero-order valence-corrected chi connectivity index (χ0v) is 20.6.